The van der Waals surface area contributed by atoms with Gasteiger partial charge in [-0.3, -0.25) is 4.68 Å². The van der Waals surface area contributed by atoms with Gasteiger partial charge in [-0.05, 0) is 47.5 Å². The van der Waals surface area contributed by atoms with Crippen LogP contribution in [0, 0.1) is 6.92 Å². The Morgan fingerprint density at radius 1 is 1.33 bits per heavy atom. The lowest BCUT2D eigenvalue weighted by atomic mass is 9.89. The highest BCUT2D eigenvalue weighted by Gasteiger charge is 2.29. The lowest BCUT2D eigenvalue weighted by molar-refractivity contribution is 0.0477. The molecule has 0 saturated heterocycles. The first-order chi connectivity index (χ1) is 11.2. The second-order valence-electron chi connectivity index (χ2n) is 7.84. The van der Waals surface area contributed by atoms with Crippen LogP contribution in [0.15, 0.2) is 6.20 Å². The van der Waals surface area contributed by atoms with E-state index in [-0.39, 0.29) is 24.2 Å². The Kier molecular flexibility index (Phi) is 5.91. The van der Waals surface area contributed by atoms with E-state index in [9.17, 15) is 4.79 Å². The molecule has 1 aliphatic rings. The van der Waals surface area contributed by atoms with Crippen molar-refractivity contribution >= 4 is 6.09 Å². The van der Waals surface area contributed by atoms with Crippen molar-refractivity contribution in [1.82, 2.24) is 20.4 Å². The molecular formula is C18H32N4O2. The van der Waals surface area contributed by atoms with Crippen LogP contribution in [-0.4, -0.2) is 33.6 Å². The fourth-order valence-electron chi connectivity index (χ4n) is 3.31. The van der Waals surface area contributed by atoms with Crippen LogP contribution >= 0.6 is 0 Å². The first-order valence-electron chi connectivity index (χ1n) is 8.91. The van der Waals surface area contributed by atoms with Gasteiger partial charge in [0, 0.05) is 36.4 Å². The van der Waals surface area contributed by atoms with Gasteiger partial charge in [0.15, 0.2) is 0 Å². The molecule has 3 atom stereocenters. The van der Waals surface area contributed by atoms with Crippen LogP contribution in [0.25, 0.3) is 0 Å². The van der Waals surface area contributed by atoms with Gasteiger partial charge in [0.2, 0.25) is 0 Å². The first kappa shape index (κ1) is 18.8. The zero-order valence-electron chi connectivity index (χ0n) is 15.8. The zero-order valence-corrected chi connectivity index (χ0v) is 15.8. The van der Waals surface area contributed by atoms with Crippen LogP contribution in [0.3, 0.4) is 0 Å². The number of hydrogen-bond donors (Lipinski definition) is 2. The van der Waals surface area contributed by atoms with Crippen molar-refractivity contribution in [2.24, 2.45) is 7.05 Å². The zero-order chi connectivity index (χ0) is 17.9. The van der Waals surface area contributed by atoms with Crippen molar-refractivity contribution in [1.29, 1.82) is 0 Å². The van der Waals surface area contributed by atoms with Crippen LogP contribution < -0.4 is 10.6 Å². The molecule has 0 aromatic carbocycles. The molecule has 1 aromatic rings. The molecule has 1 amide bonds. The molecule has 6 nitrogen and oxygen atoms in total. The molecule has 136 valence electrons. The summed E-state index contributed by atoms with van der Waals surface area (Å²) < 4.78 is 7.30. The summed E-state index contributed by atoms with van der Waals surface area (Å²) in [6.07, 6.45) is 5.96. The normalized spacial score (nSPS) is 22.9. The predicted molar refractivity (Wildman–Crippen MR) is 94.9 cm³/mol. The van der Waals surface area contributed by atoms with Gasteiger partial charge in [0.25, 0.3) is 0 Å². The number of aromatic nitrogens is 2. The van der Waals surface area contributed by atoms with E-state index >= 15 is 0 Å². The van der Waals surface area contributed by atoms with E-state index in [1.54, 1.807) is 0 Å². The van der Waals surface area contributed by atoms with E-state index in [0.717, 1.165) is 19.3 Å². The molecular weight excluding hydrogens is 304 g/mol. The number of carbonyl (C=O) groups is 1. The lowest BCUT2D eigenvalue weighted by Crippen LogP contribution is -2.53. The summed E-state index contributed by atoms with van der Waals surface area (Å²) in [6, 6.07) is 0.554. The average molecular weight is 336 g/mol. The molecule has 1 aliphatic carbocycles. The van der Waals surface area contributed by atoms with Gasteiger partial charge in [-0.15, -0.1) is 0 Å². The first-order valence-corrected chi connectivity index (χ1v) is 8.91. The second kappa shape index (κ2) is 7.55. The molecule has 1 fully saturated rings. The number of nitrogens with zero attached hydrogens (tertiary/aromatic N) is 2. The largest absolute Gasteiger partial charge is 0.444 e. The van der Waals surface area contributed by atoms with Gasteiger partial charge in [-0.2, -0.15) is 5.10 Å². The molecule has 2 N–H and O–H groups in total. The third kappa shape index (κ3) is 4.97. The summed E-state index contributed by atoms with van der Waals surface area (Å²) in [6.45, 7) is 9.89. The Labute approximate surface area is 145 Å². The maximum atomic E-state index is 12.1. The third-order valence-corrected chi connectivity index (χ3v) is 4.67. The van der Waals surface area contributed by atoms with Crippen molar-refractivity contribution in [2.75, 3.05) is 0 Å². The highest BCUT2D eigenvalue weighted by atomic mass is 16.6. The molecule has 0 spiro atoms. The molecule has 0 unspecified atom stereocenters. The van der Waals surface area contributed by atoms with Crippen LogP contribution in [0.2, 0.25) is 0 Å². The van der Waals surface area contributed by atoms with E-state index < -0.39 is 5.60 Å². The van der Waals surface area contributed by atoms with Gasteiger partial charge >= 0.3 is 6.09 Å². The van der Waals surface area contributed by atoms with E-state index in [2.05, 4.69) is 29.6 Å². The maximum absolute atomic E-state index is 12.1. The fourth-order valence-corrected chi connectivity index (χ4v) is 3.31. The number of alkyl carbamates (subject to hydrolysis) is 1. The van der Waals surface area contributed by atoms with Gasteiger partial charge in [0.1, 0.15) is 5.60 Å². The van der Waals surface area contributed by atoms with E-state index in [1.165, 1.54) is 17.7 Å². The van der Waals surface area contributed by atoms with E-state index in [0.29, 0.717) is 0 Å². The SMILES string of the molecule is Cc1c([C@H](C)N[C@@H]2CCCC[C@H]2NC(=O)OC(C)(C)C)cnn1C. The monoisotopic (exact) mass is 336 g/mol. The van der Waals surface area contributed by atoms with Crippen LogP contribution in [0.4, 0.5) is 4.79 Å². The van der Waals surface area contributed by atoms with Crippen molar-refractivity contribution in [2.45, 2.75) is 84.0 Å². The predicted octanol–water partition coefficient (Wildman–Crippen LogP) is 3.22. The van der Waals surface area contributed by atoms with Crippen LogP contribution in [-0.2, 0) is 11.8 Å². The summed E-state index contributed by atoms with van der Waals surface area (Å²) in [5, 5.41) is 11.1. The van der Waals surface area contributed by atoms with Crippen molar-refractivity contribution in [3.05, 3.63) is 17.5 Å². The van der Waals surface area contributed by atoms with Crippen molar-refractivity contribution in [3.8, 4) is 0 Å². The Morgan fingerprint density at radius 3 is 2.50 bits per heavy atom. The molecule has 0 aliphatic heterocycles. The molecule has 0 bridgehead atoms. The Bertz CT molecular complexity index is 562. The van der Waals surface area contributed by atoms with Crippen molar-refractivity contribution in [3.63, 3.8) is 0 Å². The molecule has 6 heteroatoms. The summed E-state index contributed by atoms with van der Waals surface area (Å²) in [5.74, 6) is 0. The number of aryl methyl sites for hydroxylation is 1. The quantitative estimate of drug-likeness (QED) is 0.886. The van der Waals surface area contributed by atoms with Crippen molar-refractivity contribution < 1.29 is 9.53 Å². The summed E-state index contributed by atoms with van der Waals surface area (Å²) in [7, 11) is 1.96. The smallest absolute Gasteiger partial charge is 0.407 e. The summed E-state index contributed by atoms with van der Waals surface area (Å²) >= 11 is 0. The van der Waals surface area contributed by atoms with E-state index in [1.807, 2.05) is 38.7 Å². The fraction of sp³-hybridized carbons (Fsp3) is 0.778. The van der Waals surface area contributed by atoms with Crippen LogP contribution in [0.1, 0.15) is 70.7 Å². The topological polar surface area (TPSA) is 68.2 Å². The highest BCUT2D eigenvalue weighted by molar-refractivity contribution is 5.68. The number of amides is 1. The number of hydrogen-bond acceptors (Lipinski definition) is 4. The highest BCUT2D eigenvalue weighted by Crippen LogP contribution is 2.24. The minimum Gasteiger partial charge on any atom is -0.444 e. The van der Waals surface area contributed by atoms with Gasteiger partial charge in [-0.1, -0.05) is 12.8 Å². The summed E-state index contributed by atoms with van der Waals surface area (Å²) in [5.41, 5.74) is 1.91. The minimum atomic E-state index is -0.470. The summed E-state index contributed by atoms with van der Waals surface area (Å²) in [4.78, 5) is 12.1. The number of ether oxygens (including phenoxy) is 1. The molecule has 2 rings (SSSR count). The molecule has 1 saturated carbocycles. The lowest BCUT2D eigenvalue weighted by Gasteiger charge is -2.35. The van der Waals surface area contributed by atoms with Gasteiger partial charge < -0.3 is 15.4 Å². The second-order valence-corrected chi connectivity index (χ2v) is 7.84. The van der Waals surface area contributed by atoms with Gasteiger partial charge in [-0.25, -0.2) is 4.79 Å². The molecule has 0 radical (unpaired) electrons. The standard InChI is InChI=1S/C18H32N4O2/c1-12(14-11-19-22(6)13(14)2)20-15-9-7-8-10-16(15)21-17(23)24-18(3,4)5/h11-12,15-16,20H,7-10H2,1-6H3,(H,21,23)/t12-,15+,16+/m0/s1. The number of rotatable bonds is 4. The molecule has 1 heterocycles. The number of nitrogens with one attached hydrogen (secondary N) is 2. The van der Waals surface area contributed by atoms with Gasteiger partial charge in [0.05, 0.1) is 6.20 Å². The van der Waals surface area contributed by atoms with Crippen LogP contribution in [0.5, 0.6) is 0 Å². The average Bonchev–Trinajstić information content (AvgIpc) is 2.79. The maximum Gasteiger partial charge on any atom is 0.407 e. The third-order valence-electron chi connectivity index (χ3n) is 4.67. The Balaban J connectivity index is 1.98. The van der Waals surface area contributed by atoms with E-state index in [4.69, 9.17) is 4.74 Å². The number of carbonyl (C=O) groups excluding carboxylic acids is 1. The Morgan fingerprint density at radius 2 is 1.96 bits per heavy atom. The Hall–Kier alpha value is -1.56. The minimum absolute atomic E-state index is 0.105. The molecule has 1 aromatic heterocycles. The molecule has 24 heavy (non-hydrogen) atoms.